The number of alkyl halides is 6. The Morgan fingerprint density at radius 2 is 1.37 bits per heavy atom. The van der Waals surface area contributed by atoms with Gasteiger partial charge in [0.2, 0.25) is 23.7 Å². The van der Waals surface area contributed by atoms with E-state index in [9.17, 15) is 81.8 Å². The van der Waals surface area contributed by atoms with Crippen LogP contribution in [0.25, 0.3) is 0 Å². The number of carboxylic acid groups (broad SMARTS) is 2. The number of urea groups is 2. The molecule has 3 aromatic heterocycles. The number of rotatable bonds is 20. The molecule has 9 N–H and O–H groups in total. The highest BCUT2D eigenvalue weighted by Crippen LogP contribution is 2.38. The first-order chi connectivity index (χ1) is 42.1. The molecular formula is C49H53ClF6N13O19PS2. The van der Waals surface area contributed by atoms with Gasteiger partial charge in [0.15, 0.2) is 12.4 Å². The van der Waals surface area contributed by atoms with Crippen LogP contribution in [0.5, 0.6) is 29.3 Å². The van der Waals surface area contributed by atoms with E-state index in [2.05, 4.69) is 40.5 Å². The van der Waals surface area contributed by atoms with Gasteiger partial charge in [0.25, 0.3) is 31.6 Å². The number of ether oxygens (including phenoxy) is 4. The number of sulfonamides is 2. The molecule has 2 atom stereocenters. The number of nitrogens with zero attached hydrogens (tertiary/aromatic N) is 8. The van der Waals surface area contributed by atoms with Crippen LogP contribution in [0.2, 0.25) is 5.02 Å². The number of hydrogen-bond donors (Lipinski definition) is 8. The number of nitro benzene ring substituents is 1. The Hall–Kier alpha value is -9.63. The van der Waals surface area contributed by atoms with Crippen molar-refractivity contribution in [2.45, 2.75) is 54.5 Å². The third-order valence-corrected chi connectivity index (χ3v) is 14.7. The van der Waals surface area contributed by atoms with Crippen molar-refractivity contribution >= 4 is 86.5 Å². The van der Waals surface area contributed by atoms with Gasteiger partial charge >= 0.3 is 42.4 Å². The molecule has 0 spiro atoms. The Morgan fingerprint density at radius 3 is 1.88 bits per heavy atom. The lowest BCUT2D eigenvalue weighted by molar-refractivity contribution is -0.385. The van der Waals surface area contributed by atoms with Crippen molar-refractivity contribution in [2.75, 3.05) is 58.9 Å². The summed E-state index contributed by atoms with van der Waals surface area (Å²) in [6.45, 7) is 2.68. The van der Waals surface area contributed by atoms with E-state index in [0.717, 1.165) is 36.4 Å². The van der Waals surface area contributed by atoms with Crippen LogP contribution in [-0.4, -0.2) is 162 Å². The number of hydrogen-bond acceptors (Lipinski definition) is 23. The molecule has 5 amide bonds. The number of aliphatic carboxylic acids is 1. The van der Waals surface area contributed by atoms with Crippen LogP contribution in [-0.2, 0) is 42.0 Å². The summed E-state index contributed by atoms with van der Waals surface area (Å²) in [6.07, 6.45) is -9.58. The standard InChI is InChI=1S/C15H16F3N5O4S.C15H18N6O6S.C14H7ClF3NO5.C5H12NO4P/c1-9-19-12(22-14(20-9)27-2)21-13(24)23-28(25,26)11-6-4-3-5-10(11)7-8-15(16,17)18;1-21(2)13(22)9-6-5-7-16-12(9)28(24,25)20-15(23)19-14-17-10(26-3)8-11(18-14)27-4;15-10-5-7(14(16,17)18)1-4-12(10)24-8-2-3-11(19(22)23)9(6-8)13(20)21;1-11(9,10)3-2-4(6)5(7)8/h3-6H,7-8H2,1-2H3,(H2,19,20,21,22,23,24);5-8H,1-4H3,(H2,17,18,19,20,23);1-6H,(H,20,21);4H,2-3,6H2,1H3,(H,7,8)(H,9,10). The van der Waals surface area contributed by atoms with E-state index in [1.807, 2.05) is 0 Å². The molecule has 0 saturated heterocycles. The van der Waals surface area contributed by atoms with Gasteiger partial charge in [-0.05, 0) is 67.8 Å². The number of nitro groups is 1. The van der Waals surface area contributed by atoms with Crippen molar-refractivity contribution in [3.8, 4) is 29.3 Å². The van der Waals surface area contributed by atoms with Gasteiger partial charge in [-0.15, -0.1) is 0 Å². The van der Waals surface area contributed by atoms with E-state index in [4.69, 9.17) is 51.4 Å². The Balaban J connectivity index is 0.000000330. The number of methoxy groups -OCH3 is 3. The van der Waals surface area contributed by atoms with Gasteiger partial charge in [-0.3, -0.25) is 34.9 Å². The van der Waals surface area contributed by atoms with Crippen molar-refractivity contribution in [3.63, 3.8) is 0 Å². The number of aryl methyl sites for hydroxylation is 2. The number of benzene rings is 3. The zero-order valence-electron chi connectivity index (χ0n) is 47.9. The fourth-order valence-electron chi connectivity index (χ4n) is 6.43. The Kier molecular flexibility index (Phi) is 27.2. The van der Waals surface area contributed by atoms with Crippen molar-refractivity contribution in [1.29, 1.82) is 0 Å². The molecule has 0 radical (unpaired) electrons. The second-order valence-electron chi connectivity index (χ2n) is 17.9. The summed E-state index contributed by atoms with van der Waals surface area (Å²) in [7, 11) is -5.09. The van der Waals surface area contributed by atoms with Crippen LogP contribution in [0, 0.1) is 17.0 Å². The molecule has 3 aromatic carbocycles. The smallest absolute Gasteiger partial charge is 0.416 e. The molecule has 91 heavy (non-hydrogen) atoms. The molecule has 0 aliphatic heterocycles. The normalized spacial score (nSPS) is 12.1. The monoisotopic (exact) mass is 1370 g/mol. The van der Waals surface area contributed by atoms with Crippen molar-refractivity contribution < 1.29 is 111 Å². The first kappa shape index (κ1) is 75.6. The minimum absolute atomic E-state index is 0.0412. The number of aromatic carboxylic acids is 1. The predicted octanol–water partition coefficient (Wildman–Crippen LogP) is 6.74. The number of nitrogens with one attached hydrogen (secondary N) is 4. The van der Waals surface area contributed by atoms with Crippen molar-refractivity contribution in [1.82, 2.24) is 44.2 Å². The maximum Gasteiger partial charge on any atom is 0.416 e. The molecule has 3 heterocycles. The first-order valence-corrected chi connectivity index (χ1v) is 30.3. The number of anilines is 2. The lowest BCUT2D eigenvalue weighted by Crippen LogP contribution is -2.36. The summed E-state index contributed by atoms with van der Waals surface area (Å²) in [5.74, 6) is -3.69. The molecule has 6 aromatic rings. The topological polar surface area (TPSA) is 466 Å². The third kappa shape index (κ3) is 25.1. The number of carbonyl (C=O) groups excluding carboxylic acids is 3. The Bertz CT molecular complexity index is 3890. The van der Waals surface area contributed by atoms with E-state index >= 15 is 0 Å². The van der Waals surface area contributed by atoms with E-state index in [1.165, 1.54) is 96.5 Å². The SMILES string of the molecule is COc1cc(OC)nc(NC(=O)NS(=O)(=O)c2ncccc2C(=O)N(C)C)n1.COc1nc(C)nc(NC(=O)NS(=O)(=O)c2ccccc2CCC(F)(F)F)n1.CP(=O)(O)CCC(N)C(=O)O.O=C(O)c1cc(Oc2ccc(C(F)(F)F)cc2Cl)ccc1[N+](=O)[O-]. The molecule has 42 heteroatoms. The summed E-state index contributed by atoms with van der Waals surface area (Å²) < 4.78 is 159. The quantitative estimate of drug-likeness (QED) is 0.0170. The number of carboxylic acids is 2. The summed E-state index contributed by atoms with van der Waals surface area (Å²) in [5.41, 5.74) is 2.59. The predicted molar refractivity (Wildman–Crippen MR) is 305 cm³/mol. The number of nitrogens with two attached hydrogens (primary N) is 1. The second-order valence-corrected chi connectivity index (χ2v) is 24.1. The highest BCUT2D eigenvalue weighted by atomic mass is 35.5. The minimum Gasteiger partial charge on any atom is -0.481 e. The van der Waals surface area contributed by atoms with Gasteiger partial charge in [-0.25, -0.2) is 37.2 Å². The third-order valence-electron chi connectivity index (χ3n) is 10.6. The molecule has 494 valence electrons. The first-order valence-electron chi connectivity index (χ1n) is 24.7. The molecular weight excluding hydrogens is 1320 g/mol. The molecule has 2 unspecified atom stereocenters. The van der Waals surface area contributed by atoms with E-state index in [0.29, 0.717) is 6.07 Å². The van der Waals surface area contributed by atoms with Crippen LogP contribution < -0.4 is 44.8 Å². The number of halogens is 7. The summed E-state index contributed by atoms with van der Waals surface area (Å²) >= 11 is 5.72. The average Bonchev–Trinajstić information content (AvgIpc) is 0.944. The zero-order chi connectivity index (χ0) is 69.0. The largest absolute Gasteiger partial charge is 0.481 e. The van der Waals surface area contributed by atoms with Crippen LogP contribution in [0.3, 0.4) is 0 Å². The fourth-order valence-corrected chi connectivity index (χ4v) is 9.62. The molecule has 0 fully saturated rings. The van der Waals surface area contributed by atoms with Gasteiger partial charge in [0.1, 0.15) is 28.9 Å². The molecule has 32 nitrogen and oxygen atoms in total. The maximum atomic E-state index is 12.6. The molecule has 0 aliphatic rings. The zero-order valence-corrected chi connectivity index (χ0v) is 51.2. The Morgan fingerprint density at radius 1 is 0.791 bits per heavy atom. The van der Waals surface area contributed by atoms with Crippen molar-refractivity contribution in [3.05, 3.63) is 128 Å². The highest BCUT2D eigenvalue weighted by molar-refractivity contribution is 7.90. The van der Waals surface area contributed by atoms with Gasteiger partial charge in [0, 0.05) is 51.7 Å². The fraction of sp³-hybridized carbons (Fsp3) is 0.286. The van der Waals surface area contributed by atoms with E-state index in [-0.39, 0.29) is 75.7 Å². The van der Waals surface area contributed by atoms with Crippen LogP contribution in [0.15, 0.2) is 95.0 Å². The molecule has 6 rings (SSSR count). The number of aromatic nitrogens is 6. The number of amides is 5. The van der Waals surface area contributed by atoms with Gasteiger partial charge in [-0.2, -0.15) is 59.7 Å². The maximum absolute atomic E-state index is 12.6. The van der Waals surface area contributed by atoms with Crippen LogP contribution in [0.1, 0.15) is 50.5 Å². The second kappa shape index (κ2) is 32.7. The summed E-state index contributed by atoms with van der Waals surface area (Å²) in [6, 6.07) is 10.9. The van der Waals surface area contributed by atoms with Gasteiger partial charge < -0.3 is 44.7 Å². The average molecular weight is 1370 g/mol. The van der Waals surface area contributed by atoms with Gasteiger partial charge in [0.05, 0.1) is 53.4 Å². The minimum atomic E-state index is -4.58. The number of carbonyl (C=O) groups is 5. The van der Waals surface area contributed by atoms with Crippen LogP contribution in [0.4, 0.5) is 53.5 Å². The molecule has 0 bridgehead atoms. The summed E-state index contributed by atoms with van der Waals surface area (Å²) in [5, 5.41) is 31.3. The summed E-state index contributed by atoms with van der Waals surface area (Å²) in [4.78, 5) is 99.6. The number of pyridine rings is 1. The molecule has 0 aliphatic carbocycles. The van der Waals surface area contributed by atoms with Crippen molar-refractivity contribution in [2.24, 2.45) is 5.73 Å². The lowest BCUT2D eigenvalue weighted by atomic mass is 10.1. The Labute approximate surface area is 516 Å². The van der Waals surface area contributed by atoms with E-state index < -0.39 is 120 Å². The van der Waals surface area contributed by atoms with Gasteiger partial charge in [-0.1, -0.05) is 29.8 Å². The van der Waals surface area contributed by atoms with E-state index in [1.54, 1.807) is 9.44 Å². The lowest BCUT2D eigenvalue weighted by Gasteiger charge is -2.14. The molecule has 0 saturated carbocycles. The van der Waals surface area contributed by atoms with Crippen LogP contribution >= 0.6 is 19.0 Å². The highest BCUT2D eigenvalue weighted by Gasteiger charge is 2.33.